The lowest BCUT2D eigenvalue weighted by molar-refractivity contribution is 0.672. The molecule has 11 rings (SSSR count). The molecule has 1 aromatic heterocycles. The van der Waals surface area contributed by atoms with Crippen molar-refractivity contribution in [3.8, 4) is 11.1 Å². The lowest BCUT2D eigenvalue weighted by atomic mass is 10.0. The van der Waals surface area contributed by atoms with Gasteiger partial charge in [-0.2, -0.15) is 0 Å². The molecule has 59 heavy (non-hydrogen) atoms. The summed E-state index contributed by atoms with van der Waals surface area (Å²) in [6, 6.07) is 86.5. The monoisotopic (exact) mass is 769 g/mol. The summed E-state index contributed by atoms with van der Waals surface area (Å²) in [7, 11) is -2.82. The Labute approximate surface area is 344 Å². The summed E-state index contributed by atoms with van der Waals surface area (Å²) in [5.74, 6) is 0. The van der Waals surface area contributed by atoms with Gasteiger partial charge in [0.25, 0.3) is 0 Å². The molecule has 0 fully saturated rings. The smallest absolute Gasteiger partial charge is 0.179 e. The van der Waals surface area contributed by atoms with E-state index < -0.39 is 8.07 Å². The van der Waals surface area contributed by atoms with Gasteiger partial charge in [-0.25, -0.2) is 0 Å². The molecule has 11 aromatic rings. The van der Waals surface area contributed by atoms with Gasteiger partial charge in [-0.15, -0.1) is 0 Å². The molecular formula is C56H39NOSi. The zero-order valence-electron chi connectivity index (χ0n) is 32.4. The second-order valence-corrected chi connectivity index (χ2v) is 19.1. The Kier molecular flexibility index (Phi) is 8.53. The van der Waals surface area contributed by atoms with Gasteiger partial charge >= 0.3 is 0 Å². The lowest BCUT2D eigenvalue weighted by Gasteiger charge is -2.35. The van der Waals surface area contributed by atoms with Gasteiger partial charge in [0.1, 0.15) is 11.2 Å². The van der Waals surface area contributed by atoms with Gasteiger partial charge in [0, 0.05) is 22.1 Å². The summed E-state index contributed by atoms with van der Waals surface area (Å²) >= 11 is 0. The van der Waals surface area contributed by atoms with Gasteiger partial charge in [-0.3, -0.25) is 0 Å². The van der Waals surface area contributed by atoms with Crippen molar-refractivity contribution in [2.75, 3.05) is 4.90 Å². The van der Waals surface area contributed by atoms with E-state index in [1.807, 2.05) is 0 Å². The first-order valence-corrected chi connectivity index (χ1v) is 22.3. The largest absolute Gasteiger partial charge is 0.455 e. The zero-order chi connectivity index (χ0) is 39.2. The summed E-state index contributed by atoms with van der Waals surface area (Å²) in [5, 5.41) is 12.4. The topological polar surface area (TPSA) is 16.4 Å². The second-order valence-electron chi connectivity index (χ2n) is 15.3. The fourth-order valence-electron chi connectivity index (χ4n) is 9.26. The summed E-state index contributed by atoms with van der Waals surface area (Å²) in [6.07, 6.45) is 0. The predicted molar refractivity (Wildman–Crippen MR) is 252 cm³/mol. The Morgan fingerprint density at radius 1 is 0.339 bits per heavy atom. The van der Waals surface area contributed by atoms with E-state index in [1.54, 1.807) is 0 Å². The van der Waals surface area contributed by atoms with Crippen molar-refractivity contribution in [2.45, 2.75) is 0 Å². The van der Waals surface area contributed by atoms with Crippen LogP contribution in [0, 0.1) is 0 Å². The highest BCUT2D eigenvalue weighted by Gasteiger charge is 2.41. The first kappa shape index (κ1) is 34.8. The first-order chi connectivity index (χ1) is 29.3. The van der Waals surface area contributed by atoms with Crippen LogP contribution in [-0.4, -0.2) is 8.07 Å². The van der Waals surface area contributed by atoms with Gasteiger partial charge in [0.15, 0.2) is 8.07 Å². The minimum Gasteiger partial charge on any atom is -0.455 e. The third-order valence-corrected chi connectivity index (χ3v) is 16.7. The Hall–Kier alpha value is -7.46. The number of hydrogen-bond acceptors (Lipinski definition) is 2. The molecule has 0 bridgehead atoms. The summed E-state index contributed by atoms with van der Waals surface area (Å²) in [4.78, 5) is 2.41. The minimum atomic E-state index is -2.82. The molecule has 3 heteroatoms. The van der Waals surface area contributed by atoms with Crippen LogP contribution in [-0.2, 0) is 0 Å². The Morgan fingerprint density at radius 2 is 0.915 bits per heavy atom. The van der Waals surface area contributed by atoms with E-state index in [9.17, 15) is 0 Å². The molecule has 0 N–H and O–H groups in total. The van der Waals surface area contributed by atoms with Crippen molar-refractivity contribution in [3.63, 3.8) is 0 Å². The normalized spacial score (nSPS) is 11.7. The molecule has 278 valence electrons. The number of fused-ring (bicyclic) bond motifs is 6. The highest BCUT2D eigenvalue weighted by molar-refractivity contribution is 7.20. The molecule has 0 aliphatic heterocycles. The van der Waals surface area contributed by atoms with Crippen molar-refractivity contribution >= 4 is 89.4 Å². The van der Waals surface area contributed by atoms with Gasteiger partial charge in [-0.05, 0) is 90.5 Å². The van der Waals surface area contributed by atoms with Crippen LogP contribution in [0.5, 0.6) is 0 Å². The van der Waals surface area contributed by atoms with Crippen LogP contribution in [0.2, 0.25) is 0 Å². The molecule has 0 amide bonds. The predicted octanol–water partition coefficient (Wildman–Crippen LogP) is 12.4. The maximum atomic E-state index is 6.74. The van der Waals surface area contributed by atoms with Gasteiger partial charge < -0.3 is 9.32 Å². The maximum Gasteiger partial charge on any atom is 0.179 e. The standard InChI is InChI=1S/C56H39NOSi/c1-4-16-40(17-5-1)43-21-14-22-46(38-43)57(53-28-15-29-54-55(53)52-37-31-42-19-12-13-27-51(42)56(52)58-54)45-32-35-49(36-33-45)59(47-23-6-2-7-24-47,48-25-8-3-9-26-48)50-34-30-41-18-10-11-20-44(41)39-50/h1-39H. The molecule has 2 nitrogen and oxygen atoms in total. The third kappa shape index (κ3) is 5.86. The molecule has 0 atom stereocenters. The molecule has 0 saturated heterocycles. The zero-order valence-corrected chi connectivity index (χ0v) is 33.4. The number of benzene rings is 10. The molecule has 0 radical (unpaired) electrons. The fourth-order valence-corrected chi connectivity index (χ4v) is 14.0. The van der Waals surface area contributed by atoms with E-state index in [2.05, 4.69) is 241 Å². The Bertz CT molecular complexity index is 3230. The molecular weight excluding hydrogens is 731 g/mol. The number of rotatable bonds is 8. The highest BCUT2D eigenvalue weighted by Crippen LogP contribution is 2.44. The van der Waals surface area contributed by atoms with E-state index >= 15 is 0 Å². The van der Waals surface area contributed by atoms with Crippen LogP contribution in [0.1, 0.15) is 0 Å². The van der Waals surface area contributed by atoms with Crippen LogP contribution >= 0.6 is 0 Å². The molecule has 0 saturated carbocycles. The van der Waals surface area contributed by atoms with E-state index in [-0.39, 0.29) is 0 Å². The van der Waals surface area contributed by atoms with Crippen LogP contribution in [0.4, 0.5) is 17.1 Å². The minimum absolute atomic E-state index is 0.866. The van der Waals surface area contributed by atoms with Gasteiger partial charge in [0.05, 0.1) is 11.1 Å². The molecule has 1 heterocycles. The second kappa shape index (κ2) is 14.5. The SMILES string of the molecule is c1ccc(-c2cccc(N(c3ccc([Si](c4ccccc4)(c4ccccc4)c4ccc5ccccc5c4)cc3)c3cccc4oc5c6ccccc6ccc5c34)c2)cc1. The van der Waals surface area contributed by atoms with E-state index in [0.29, 0.717) is 0 Å². The van der Waals surface area contributed by atoms with Crippen molar-refractivity contribution in [1.82, 2.24) is 0 Å². The van der Waals surface area contributed by atoms with Gasteiger partial charge in [-0.1, -0.05) is 194 Å². The summed E-state index contributed by atoms with van der Waals surface area (Å²) in [5.41, 5.74) is 7.34. The Morgan fingerprint density at radius 3 is 1.66 bits per heavy atom. The average molecular weight is 770 g/mol. The van der Waals surface area contributed by atoms with E-state index in [0.717, 1.165) is 50.0 Å². The van der Waals surface area contributed by atoms with Crippen LogP contribution in [0.25, 0.3) is 54.6 Å². The van der Waals surface area contributed by atoms with Crippen molar-refractivity contribution in [2.24, 2.45) is 0 Å². The van der Waals surface area contributed by atoms with Gasteiger partial charge in [0.2, 0.25) is 0 Å². The van der Waals surface area contributed by atoms with Crippen LogP contribution in [0.3, 0.4) is 0 Å². The van der Waals surface area contributed by atoms with Crippen molar-refractivity contribution < 1.29 is 4.42 Å². The molecule has 0 unspecified atom stereocenters. The quantitative estimate of drug-likeness (QED) is 0.113. The summed E-state index contributed by atoms with van der Waals surface area (Å²) in [6.45, 7) is 0. The van der Waals surface area contributed by atoms with E-state index in [4.69, 9.17) is 4.42 Å². The van der Waals surface area contributed by atoms with Crippen molar-refractivity contribution in [1.29, 1.82) is 0 Å². The molecule has 0 spiro atoms. The maximum absolute atomic E-state index is 6.74. The summed E-state index contributed by atoms with van der Waals surface area (Å²) < 4.78 is 6.74. The molecule has 10 aromatic carbocycles. The van der Waals surface area contributed by atoms with Crippen LogP contribution in [0.15, 0.2) is 241 Å². The molecule has 0 aliphatic carbocycles. The fraction of sp³-hybridized carbons (Fsp3) is 0. The van der Waals surface area contributed by atoms with Crippen LogP contribution < -0.4 is 25.6 Å². The number of hydrogen-bond donors (Lipinski definition) is 0. The van der Waals surface area contributed by atoms with E-state index in [1.165, 1.54) is 42.5 Å². The third-order valence-electron chi connectivity index (χ3n) is 12.0. The number of anilines is 3. The average Bonchev–Trinajstić information content (AvgIpc) is 3.71. The van der Waals surface area contributed by atoms with Crippen molar-refractivity contribution in [3.05, 3.63) is 237 Å². The Balaban J connectivity index is 1.16. The number of nitrogens with zero attached hydrogens (tertiary/aromatic N) is 1. The highest BCUT2D eigenvalue weighted by atomic mass is 28.3. The molecule has 0 aliphatic rings. The lowest BCUT2D eigenvalue weighted by Crippen LogP contribution is -2.74. The first-order valence-electron chi connectivity index (χ1n) is 20.3. The number of furan rings is 1.